The smallest absolute Gasteiger partial charge is 0.306 e. The predicted octanol–water partition coefficient (Wildman–Crippen LogP) is 21.0. The number of carbonyl (C=O) groups is 2. The number of phosphoric ester groups is 1. The second-order valence-electron chi connectivity index (χ2n) is 23.8. The molecular weight excluding hydrogens is 1010 g/mol. The Labute approximate surface area is 495 Å². The normalized spacial score (nSPS) is 13.6. The third-order valence-corrected chi connectivity index (χ3v) is 15.7. The Balaban J connectivity index is 4.04. The second-order valence-corrected chi connectivity index (χ2v) is 25.2. The van der Waals surface area contributed by atoms with Crippen molar-refractivity contribution >= 4 is 19.8 Å². The Kier molecular flexibility index (Phi) is 59.1. The number of allylic oxidation sites excluding steroid dienone is 12. The maximum Gasteiger partial charge on any atom is 0.306 e. The van der Waals surface area contributed by atoms with Gasteiger partial charge in [0.25, 0.3) is 7.82 Å². The molecule has 0 aliphatic carbocycles. The van der Waals surface area contributed by atoms with Crippen molar-refractivity contribution in [2.24, 2.45) is 0 Å². The molecule has 0 radical (unpaired) electrons. The molecule has 0 spiro atoms. The number of likely N-dealkylation sites (N-methyl/N-ethyl adjacent to an activating group) is 1. The lowest BCUT2D eigenvalue weighted by atomic mass is 10.0. The Morgan fingerprint density at radius 2 is 0.713 bits per heavy atom. The molecule has 466 valence electrons. The number of carbonyl (C=O) groups excluding carboxylic acids is 2. The van der Waals surface area contributed by atoms with Gasteiger partial charge in [-0.2, -0.15) is 0 Å². The highest BCUT2D eigenvalue weighted by Crippen LogP contribution is 2.38. The number of nitrogens with zero attached hydrogens (tertiary/aromatic N) is 1. The molecule has 0 saturated heterocycles. The van der Waals surface area contributed by atoms with Gasteiger partial charge in [0.05, 0.1) is 27.7 Å². The van der Waals surface area contributed by atoms with Crippen molar-refractivity contribution in [2.45, 2.75) is 315 Å². The van der Waals surface area contributed by atoms with Crippen LogP contribution in [-0.4, -0.2) is 70.0 Å². The first-order valence-electron chi connectivity index (χ1n) is 33.6. The fraction of sp³-hybridized carbons (Fsp3) is 0.800. The van der Waals surface area contributed by atoms with Gasteiger partial charge in [-0.3, -0.25) is 14.2 Å². The third kappa shape index (κ3) is 64.6. The molecule has 2 atom stereocenters. The molecule has 0 fully saturated rings. The second kappa shape index (κ2) is 61.0. The summed E-state index contributed by atoms with van der Waals surface area (Å²) >= 11 is 0. The summed E-state index contributed by atoms with van der Waals surface area (Å²) in [6, 6.07) is 0. The molecule has 0 bridgehead atoms. The van der Waals surface area contributed by atoms with Crippen LogP contribution in [0.4, 0.5) is 0 Å². The first-order chi connectivity index (χ1) is 39.0. The predicted molar refractivity (Wildman–Crippen MR) is 342 cm³/mol. The zero-order valence-electron chi connectivity index (χ0n) is 53.0. The van der Waals surface area contributed by atoms with Crippen LogP contribution in [-0.2, 0) is 32.7 Å². The first-order valence-corrected chi connectivity index (χ1v) is 35.1. The van der Waals surface area contributed by atoms with E-state index in [0.29, 0.717) is 17.4 Å². The monoisotopic (exact) mass is 1140 g/mol. The molecule has 0 amide bonds. The van der Waals surface area contributed by atoms with Crippen LogP contribution in [0.2, 0.25) is 0 Å². The van der Waals surface area contributed by atoms with Crippen molar-refractivity contribution in [3.8, 4) is 0 Å². The van der Waals surface area contributed by atoms with Crippen molar-refractivity contribution < 1.29 is 42.1 Å². The van der Waals surface area contributed by atoms with Crippen LogP contribution in [0.1, 0.15) is 309 Å². The van der Waals surface area contributed by atoms with E-state index >= 15 is 0 Å². The Hall–Kier alpha value is -2.55. The summed E-state index contributed by atoms with van der Waals surface area (Å²) in [7, 11) is 1.17. The van der Waals surface area contributed by atoms with E-state index in [1.54, 1.807) is 0 Å². The van der Waals surface area contributed by atoms with Crippen LogP contribution in [0, 0.1) is 0 Å². The van der Waals surface area contributed by atoms with Crippen molar-refractivity contribution in [3.05, 3.63) is 72.9 Å². The number of rotatable bonds is 62. The number of phosphoric acid groups is 1. The summed E-state index contributed by atoms with van der Waals surface area (Å²) in [4.78, 5) is 38.0. The van der Waals surface area contributed by atoms with Gasteiger partial charge in [0.2, 0.25) is 0 Å². The number of unbranched alkanes of at least 4 members (excludes halogenated alkanes) is 36. The van der Waals surface area contributed by atoms with Crippen LogP contribution in [0.15, 0.2) is 72.9 Å². The average molecular weight is 1140 g/mol. The highest BCUT2D eigenvalue weighted by Gasteiger charge is 2.22. The fourth-order valence-electron chi connectivity index (χ4n) is 9.56. The quantitative estimate of drug-likeness (QED) is 0.0195. The first kappa shape index (κ1) is 77.5. The van der Waals surface area contributed by atoms with Crippen LogP contribution >= 0.6 is 7.82 Å². The van der Waals surface area contributed by atoms with Crippen molar-refractivity contribution in [1.82, 2.24) is 0 Å². The minimum atomic E-state index is -4.64. The summed E-state index contributed by atoms with van der Waals surface area (Å²) in [5, 5.41) is 0. The maximum atomic E-state index is 12.9. The van der Waals surface area contributed by atoms with E-state index < -0.39 is 26.5 Å². The fourth-order valence-corrected chi connectivity index (χ4v) is 10.3. The lowest BCUT2D eigenvalue weighted by Gasteiger charge is -2.28. The molecule has 0 N–H and O–H groups in total. The standard InChI is InChI=1S/C70H128NO8P/c1-6-8-10-12-14-16-18-20-22-24-26-28-30-31-32-33-34-35-36-37-38-39-41-43-45-47-49-51-53-55-57-59-61-63-70(73)79-68(67-78-80(74,75)77-65-64-71(3,4)5)66-76-69(72)62-60-58-56-54-52-50-48-46-44-42-40-29-27-25-23-21-19-17-15-13-11-9-7-2/h8,10,14,16,20,22,25-28,31-32,68H,6-7,9,11-13,15,17-19,21,23-24,29-30,33-67H2,1-5H3/b10-8-,16-14-,22-20-,27-25-,28-26-,32-31-. The van der Waals surface area contributed by atoms with E-state index in [1.165, 1.54) is 205 Å². The molecule has 0 heterocycles. The van der Waals surface area contributed by atoms with E-state index in [-0.39, 0.29) is 32.0 Å². The summed E-state index contributed by atoms with van der Waals surface area (Å²) < 4.78 is 34.3. The largest absolute Gasteiger partial charge is 0.756 e. The minimum absolute atomic E-state index is 0.0310. The van der Waals surface area contributed by atoms with Crippen LogP contribution in [0.25, 0.3) is 0 Å². The molecular formula is C70H128NO8P. The molecule has 80 heavy (non-hydrogen) atoms. The van der Waals surface area contributed by atoms with E-state index in [0.717, 1.165) is 70.6 Å². The lowest BCUT2D eigenvalue weighted by molar-refractivity contribution is -0.870. The summed E-state index contributed by atoms with van der Waals surface area (Å²) in [5.41, 5.74) is 0. The zero-order chi connectivity index (χ0) is 58.4. The van der Waals surface area contributed by atoms with Crippen molar-refractivity contribution in [3.63, 3.8) is 0 Å². The molecule has 0 saturated carbocycles. The highest BCUT2D eigenvalue weighted by molar-refractivity contribution is 7.45. The van der Waals surface area contributed by atoms with Gasteiger partial charge in [0.15, 0.2) is 6.10 Å². The van der Waals surface area contributed by atoms with Gasteiger partial charge in [0.1, 0.15) is 19.8 Å². The van der Waals surface area contributed by atoms with Crippen molar-refractivity contribution in [1.29, 1.82) is 0 Å². The molecule has 0 aromatic rings. The summed E-state index contributed by atoms with van der Waals surface area (Å²) in [6.45, 7) is 4.17. The molecule has 0 aliphatic rings. The lowest BCUT2D eigenvalue weighted by Crippen LogP contribution is -2.37. The van der Waals surface area contributed by atoms with Gasteiger partial charge in [-0.05, 0) is 83.5 Å². The molecule has 0 aliphatic heterocycles. The van der Waals surface area contributed by atoms with Gasteiger partial charge in [-0.1, -0.05) is 286 Å². The molecule has 0 aromatic carbocycles. The van der Waals surface area contributed by atoms with Gasteiger partial charge in [-0.25, -0.2) is 0 Å². The summed E-state index contributed by atoms with van der Waals surface area (Å²) in [5.74, 6) is -0.822. The van der Waals surface area contributed by atoms with Crippen LogP contribution in [0.5, 0.6) is 0 Å². The minimum Gasteiger partial charge on any atom is -0.756 e. The number of ether oxygens (including phenoxy) is 2. The van der Waals surface area contributed by atoms with E-state index in [4.69, 9.17) is 18.5 Å². The highest BCUT2D eigenvalue weighted by atomic mass is 31.2. The topological polar surface area (TPSA) is 111 Å². The Morgan fingerprint density at radius 3 is 1.07 bits per heavy atom. The molecule has 0 aromatic heterocycles. The van der Waals surface area contributed by atoms with Gasteiger partial charge in [0, 0.05) is 12.8 Å². The van der Waals surface area contributed by atoms with Gasteiger partial charge >= 0.3 is 11.9 Å². The number of hydrogen-bond donors (Lipinski definition) is 0. The maximum absolute atomic E-state index is 12.9. The van der Waals surface area contributed by atoms with Gasteiger partial charge in [-0.15, -0.1) is 0 Å². The molecule has 10 heteroatoms. The molecule has 2 unspecified atom stereocenters. The van der Waals surface area contributed by atoms with Gasteiger partial charge < -0.3 is 27.9 Å². The zero-order valence-corrected chi connectivity index (χ0v) is 53.9. The third-order valence-electron chi connectivity index (χ3n) is 14.7. The van der Waals surface area contributed by atoms with Crippen LogP contribution in [0.3, 0.4) is 0 Å². The Morgan fingerprint density at radius 1 is 0.400 bits per heavy atom. The van der Waals surface area contributed by atoms with E-state index in [9.17, 15) is 19.0 Å². The number of hydrogen-bond acceptors (Lipinski definition) is 8. The SMILES string of the molecule is CC/C=C\C/C=C\C/C=C\C/C=C\C/C=C\CCCCCCCCCCCCCCCCCCCC(=O)OC(COC(=O)CCCCCCCCCCCCC/C=C\CCCCCCCCCC)COP(=O)([O-])OCC[N+](C)(C)C. The van der Waals surface area contributed by atoms with E-state index in [2.05, 4.69) is 86.8 Å². The summed E-state index contributed by atoms with van der Waals surface area (Å²) in [6.07, 6.45) is 81.1. The molecule has 9 nitrogen and oxygen atoms in total. The van der Waals surface area contributed by atoms with Crippen LogP contribution < -0.4 is 4.89 Å². The van der Waals surface area contributed by atoms with E-state index in [1.807, 2.05) is 21.1 Å². The number of esters is 2. The number of quaternary nitrogens is 1. The Bertz CT molecular complexity index is 1580. The average Bonchev–Trinajstić information content (AvgIpc) is 3.42. The van der Waals surface area contributed by atoms with Crippen molar-refractivity contribution in [2.75, 3.05) is 47.5 Å². The molecule has 0 rings (SSSR count).